The third-order valence-electron chi connectivity index (χ3n) is 3.81. The highest BCUT2D eigenvalue weighted by atomic mass is 16.5. The lowest BCUT2D eigenvalue weighted by Crippen LogP contribution is -2.39. The van der Waals surface area contributed by atoms with Gasteiger partial charge in [0, 0.05) is 13.0 Å². The Morgan fingerprint density at radius 2 is 2.25 bits per heavy atom. The Labute approximate surface area is 122 Å². The molecule has 0 bridgehead atoms. The van der Waals surface area contributed by atoms with Gasteiger partial charge in [0.15, 0.2) is 5.82 Å². The summed E-state index contributed by atoms with van der Waals surface area (Å²) in [6.45, 7) is 9.70. The molecule has 5 heteroatoms. The number of aromatic nitrogens is 2. The zero-order valence-corrected chi connectivity index (χ0v) is 12.9. The molecule has 5 nitrogen and oxygen atoms in total. The summed E-state index contributed by atoms with van der Waals surface area (Å²) >= 11 is 0. The SMILES string of the molecule is CCCNCC1CCCN(Cc2nc(CCC)no2)C1. The van der Waals surface area contributed by atoms with Crippen molar-refractivity contribution in [3.63, 3.8) is 0 Å². The second-order valence-electron chi connectivity index (χ2n) is 5.80. The predicted octanol–water partition coefficient (Wildman–Crippen LogP) is 2.23. The van der Waals surface area contributed by atoms with E-state index in [4.69, 9.17) is 4.52 Å². The van der Waals surface area contributed by atoms with Gasteiger partial charge < -0.3 is 9.84 Å². The standard InChI is InChI=1S/C15H28N4O/c1-3-6-14-17-15(20-18-14)12-19-9-5-7-13(11-19)10-16-8-4-2/h13,16H,3-12H2,1-2H3. The molecule has 0 spiro atoms. The molecule has 1 aromatic heterocycles. The Kier molecular flexibility index (Phi) is 6.47. The minimum Gasteiger partial charge on any atom is -0.338 e. The summed E-state index contributed by atoms with van der Waals surface area (Å²) < 4.78 is 5.34. The van der Waals surface area contributed by atoms with Crippen molar-refractivity contribution >= 4 is 0 Å². The van der Waals surface area contributed by atoms with E-state index in [1.165, 1.54) is 19.3 Å². The van der Waals surface area contributed by atoms with Gasteiger partial charge in [-0.2, -0.15) is 4.98 Å². The van der Waals surface area contributed by atoms with Crippen molar-refractivity contribution in [3.05, 3.63) is 11.7 Å². The van der Waals surface area contributed by atoms with Crippen molar-refractivity contribution in [2.45, 2.75) is 52.5 Å². The molecule has 1 aliphatic heterocycles. The molecule has 0 saturated carbocycles. The summed E-state index contributed by atoms with van der Waals surface area (Å²) in [7, 11) is 0. The maximum atomic E-state index is 5.34. The summed E-state index contributed by atoms with van der Waals surface area (Å²) in [5.74, 6) is 2.38. The molecular weight excluding hydrogens is 252 g/mol. The van der Waals surface area contributed by atoms with Crippen LogP contribution in [0.25, 0.3) is 0 Å². The van der Waals surface area contributed by atoms with Crippen LogP contribution in [-0.4, -0.2) is 41.2 Å². The number of likely N-dealkylation sites (tertiary alicyclic amines) is 1. The third kappa shape index (κ3) is 4.87. The van der Waals surface area contributed by atoms with E-state index in [2.05, 4.69) is 34.2 Å². The van der Waals surface area contributed by atoms with Crippen LogP contribution in [0.3, 0.4) is 0 Å². The molecule has 1 atom stereocenters. The number of rotatable bonds is 8. The Morgan fingerprint density at radius 1 is 1.35 bits per heavy atom. The highest BCUT2D eigenvalue weighted by Crippen LogP contribution is 2.17. The zero-order valence-electron chi connectivity index (χ0n) is 12.9. The molecule has 1 fully saturated rings. The Hall–Kier alpha value is -0.940. The molecule has 0 radical (unpaired) electrons. The van der Waals surface area contributed by atoms with Gasteiger partial charge in [0.1, 0.15) is 0 Å². The number of aryl methyl sites for hydroxylation is 1. The molecule has 0 aromatic carbocycles. The van der Waals surface area contributed by atoms with Gasteiger partial charge in [0.2, 0.25) is 5.89 Å². The van der Waals surface area contributed by atoms with E-state index in [1.807, 2.05) is 0 Å². The second-order valence-corrected chi connectivity index (χ2v) is 5.80. The lowest BCUT2D eigenvalue weighted by Gasteiger charge is -2.31. The van der Waals surface area contributed by atoms with Crippen molar-refractivity contribution in [1.82, 2.24) is 20.4 Å². The number of hydrogen-bond acceptors (Lipinski definition) is 5. The average Bonchev–Trinajstić information content (AvgIpc) is 2.87. The van der Waals surface area contributed by atoms with Crippen molar-refractivity contribution in [1.29, 1.82) is 0 Å². The number of nitrogens with one attached hydrogen (secondary N) is 1. The first-order valence-electron chi connectivity index (χ1n) is 8.06. The maximum Gasteiger partial charge on any atom is 0.240 e. The summed E-state index contributed by atoms with van der Waals surface area (Å²) in [6, 6.07) is 0. The van der Waals surface area contributed by atoms with Crippen LogP contribution in [0.15, 0.2) is 4.52 Å². The van der Waals surface area contributed by atoms with E-state index < -0.39 is 0 Å². The fourth-order valence-corrected chi connectivity index (χ4v) is 2.82. The van der Waals surface area contributed by atoms with Crippen LogP contribution in [0.1, 0.15) is 51.2 Å². The molecule has 0 amide bonds. The van der Waals surface area contributed by atoms with Gasteiger partial charge in [-0.05, 0) is 51.2 Å². The van der Waals surface area contributed by atoms with E-state index in [1.54, 1.807) is 0 Å². The van der Waals surface area contributed by atoms with E-state index in [9.17, 15) is 0 Å². The monoisotopic (exact) mass is 280 g/mol. The van der Waals surface area contributed by atoms with Gasteiger partial charge in [0.05, 0.1) is 6.54 Å². The highest BCUT2D eigenvalue weighted by molar-refractivity contribution is 4.87. The smallest absolute Gasteiger partial charge is 0.240 e. The Morgan fingerprint density at radius 3 is 3.05 bits per heavy atom. The lowest BCUT2D eigenvalue weighted by atomic mass is 9.98. The normalized spacial score (nSPS) is 20.4. The molecule has 1 N–H and O–H groups in total. The molecule has 2 rings (SSSR count). The quantitative estimate of drug-likeness (QED) is 0.740. The van der Waals surface area contributed by atoms with Gasteiger partial charge in [0.25, 0.3) is 0 Å². The highest BCUT2D eigenvalue weighted by Gasteiger charge is 2.21. The van der Waals surface area contributed by atoms with Crippen LogP contribution in [-0.2, 0) is 13.0 Å². The van der Waals surface area contributed by atoms with Crippen LogP contribution in [0.2, 0.25) is 0 Å². The lowest BCUT2D eigenvalue weighted by molar-refractivity contribution is 0.148. The molecular formula is C15H28N4O. The third-order valence-corrected chi connectivity index (χ3v) is 3.81. The molecule has 1 aliphatic rings. The molecule has 1 unspecified atom stereocenters. The van der Waals surface area contributed by atoms with Crippen LogP contribution in [0.5, 0.6) is 0 Å². The molecule has 2 heterocycles. The second kappa shape index (κ2) is 8.37. The van der Waals surface area contributed by atoms with Gasteiger partial charge in [-0.25, -0.2) is 0 Å². The summed E-state index contributed by atoms with van der Waals surface area (Å²) in [5, 5.41) is 7.56. The molecule has 114 valence electrons. The molecule has 1 aromatic rings. The largest absolute Gasteiger partial charge is 0.338 e. The van der Waals surface area contributed by atoms with Crippen molar-refractivity contribution in [2.24, 2.45) is 5.92 Å². The Balaban J connectivity index is 1.76. The van der Waals surface area contributed by atoms with E-state index in [-0.39, 0.29) is 0 Å². The first kappa shape index (κ1) is 15.4. The van der Waals surface area contributed by atoms with Gasteiger partial charge >= 0.3 is 0 Å². The minimum absolute atomic E-state index is 0.758. The molecule has 1 saturated heterocycles. The van der Waals surface area contributed by atoms with Gasteiger partial charge in [-0.15, -0.1) is 0 Å². The predicted molar refractivity (Wildman–Crippen MR) is 79.5 cm³/mol. The van der Waals surface area contributed by atoms with Crippen LogP contribution in [0, 0.1) is 5.92 Å². The summed E-state index contributed by atoms with van der Waals surface area (Å²) in [6.07, 6.45) is 5.78. The first-order chi connectivity index (χ1) is 9.81. The maximum absolute atomic E-state index is 5.34. The minimum atomic E-state index is 0.758. The topological polar surface area (TPSA) is 54.2 Å². The van der Waals surface area contributed by atoms with Crippen LogP contribution in [0.4, 0.5) is 0 Å². The fraction of sp³-hybridized carbons (Fsp3) is 0.867. The fourth-order valence-electron chi connectivity index (χ4n) is 2.82. The average molecular weight is 280 g/mol. The summed E-state index contributed by atoms with van der Waals surface area (Å²) in [4.78, 5) is 6.91. The van der Waals surface area contributed by atoms with Crippen LogP contribution >= 0.6 is 0 Å². The van der Waals surface area contributed by atoms with Crippen molar-refractivity contribution < 1.29 is 4.52 Å². The number of nitrogens with zero attached hydrogens (tertiary/aromatic N) is 3. The Bertz CT molecular complexity index is 380. The zero-order chi connectivity index (χ0) is 14.2. The van der Waals surface area contributed by atoms with Crippen LogP contribution < -0.4 is 5.32 Å². The van der Waals surface area contributed by atoms with Crippen molar-refractivity contribution in [2.75, 3.05) is 26.2 Å². The van der Waals surface area contributed by atoms with E-state index in [0.29, 0.717) is 0 Å². The molecule has 0 aliphatic carbocycles. The van der Waals surface area contributed by atoms with Gasteiger partial charge in [-0.3, -0.25) is 4.90 Å². The van der Waals surface area contributed by atoms with E-state index in [0.717, 1.165) is 63.2 Å². The number of piperidine rings is 1. The van der Waals surface area contributed by atoms with E-state index >= 15 is 0 Å². The molecule has 20 heavy (non-hydrogen) atoms. The number of hydrogen-bond donors (Lipinski definition) is 1. The first-order valence-corrected chi connectivity index (χ1v) is 8.06. The van der Waals surface area contributed by atoms with Crippen molar-refractivity contribution in [3.8, 4) is 0 Å². The van der Waals surface area contributed by atoms with Gasteiger partial charge in [-0.1, -0.05) is 19.0 Å². The summed E-state index contributed by atoms with van der Waals surface area (Å²) in [5.41, 5.74) is 0.